The van der Waals surface area contributed by atoms with Crippen LogP contribution in [-0.4, -0.2) is 83.3 Å². The molecule has 9 heteroatoms. The summed E-state index contributed by atoms with van der Waals surface area (Å²) in [5, 5.41) is 9.01. The second kappa shape index (κ2) is 5.92. The normalized spacial score (nSPS) is 21.8. The van der Waals surface area contributed by atoms with Crippen LogP contribution in [0.4, 0.5) is 4.79 Å². The number of rotatable bonds is 3. The van der Waals surface area contributed by atoms with Gasteiger partial charge < -0.3 is 24.4 Å². The first kappa shape index (κ1) is 15.7. The van der Waals surface area contributed by atoms with E-state index in [1.807, 2.05) is 0 Å². The summed E-state index contributed by atoms with van der Waals surface area (Å²) in [5.41, 5.74) is 0.446. The van der Waals surface area contributed by atoms with E-state index in [-0.39, 0.29) is 44.8 Å². The fourth-order valence-corrected chi connectivity index (χ4v) is 3.35. The van der Waals surface area contributed by atoms with Gasteiger partial charge in [-0.25, -0.2) is 4.79 Å². The number of nitrogens with zero attached hydrogens (tertiary/aromatic N) is 3. The van der Waals surface area contributed by atoms with Gasteiger partial charge >= 0.3 is 6.03 Å². The number of carbonyl (C=O) groups excluding carboxylic acids is 3. The standard InChI is InChI=1S/C16H17N3O6/c20-6-5-19-15(22)11-8-17(3-4-18(11)16(19)23)14(21)10-1-2-12-13(7-10)25-9-24-12/h1-2,7,11,20H,3-6,8-9H2/t11-/m1/s1. The second-order valence-electron chi connectivity index (χ2n) is 6.02. The lowest BCUT2D eigenvalue weighted by Crippen LogP contribution is -2.54. The van der Waals surface area contributed by atoms with Crippen molar-refractivity contribution in [1.29, 1.82) is 0 Å². The summed E-state index contributed by atoms with van der Waals surface area (Å²) in [7, 11) is 0. The number of benzene rings is 1. The number of piperazine rings is 1. The highest BCUT2D eigenvalue weighted by molar-refractivity contribution is 6.05. The van der Waals surface area contributed by atoms with E-state index in [1.165, 1.54) is 4.90 Å². The molecule has 0 bridgehead atoms. The van der Waals surface area contributed by atoms with Crippen molar-refractivity contribution in [2.24, 2.45) is 0 Å². The number of ether oxygens (including phenoxy) is 2. The third-order valence-electron chi connectivity index (χ3n) is 4.64. The summed E-state index contributed by atoms with van der Waals surface area (Å²) < 4.78 is 10.5. The van der Waals surface area contributed by atoms with E-state index in [9.17, 15) is 14.4 Å². The first-order chi connectivity index (χ1) is 12.1. The zero-order chi connectivity index (χ0) is 17.6. The molecule has 4 rings (SSSR count). The minimum atomic E-state index is -0.689. The van der Waals surface area contributed by atoms with Gasteiger partial charge in [0.15, 0.2) is 11.5 Å². The summed E-state index contributed by atoms with van der Waals surface area (Å²) in [6.45, 7) is 0.590. The molecule has 0 spiro atoms. The Bertz CT molecular complexity index is 751. The van der Waals surface area contributed by atoms with Crippen molar-refractivity contribution in [1.82, 2.24) is 14.7 Å². The first-order valence-corrected chi connectivity index (χ1v) is 8.02. The van der Waals surface area contributed by atoms with Crippen LogP contribution in [0.15, 0.2) is 18.2 Å². The van der Waals surface area contributed by atoms with Gasteiger partial charge in [-0.1, -0.05) is 0 Å². The molecule has 0 unspecified atom stereocenters. The molecule has 2 saturated heterocycles. The Labute approximate surface area is 143 Å². The van der Waals surface area contributed by atoms with Gasteiger partial charge in [0.25, 0.3) is 11.8 Å². The number of urea groups is 1. The van der Waals surface area contributed by atoms with Crippen LogP contribution in [0.5, 0.6) is 11.5 Å². The number of hydrogen-bond acceptors (Lipinski definition) is 6. The van der Waals surface area contributed by atoms with Crippen LogP contribution in [0.3, 0.4) is 0 Å². The van der Waals surface area contributed by atoms with Gasteiger partial charge in [-0.05, 0) is 18.2 Å². The molecule has 9 nitrogen and oxygen atoms in total. The zero-order valence-electron chi connectivity index (χ0n) is 13.4. The van der Waals surface area contributed by atoms with E-state index in [2.05, 4.69) is 0 Å². The molecular formula is C16H17N3O6. The third-order valence-corrected chi connectivity index (χ3v) is 4.64. The van der Waals surface area contributed by atoms with Crippen LogP contribution in [0, 0.1) is 0 Å². The number of aliphatic hydroxyl groups excluding tert-OH is 1. The molecule has 132 valence electrons. The Morgan fingerprint density at radius 2 is 2.00 bits per heavy atom. The summed E-state index contributed by atoms with van der Waals surface area (Å²) in [6, 6.07) is 3.86. The predicted octanol–water partition coefficient (Wildman–Crippen LogP) is -0.504. The maximum absolute atomic E-state index is 12.7. The van der Waals surface area contributed by atoms with E-state index in [4.69, 9.17) is 14.6 Å². The number of fused-ring (bicyclic) bond motifs is 2. The lowest BCUT2D eigenvalue weighted by molar-refractivity contribution is -0.129. The van der Waals surface area contributed by atoms with Gasteiger partial charge in [0.2, 0.25) is 6.79 Å². The van der Waals surface area contributed by atoms with Crippen molar-refractivity contribution >= 4 is 17.8 Å². The minimum absolute atomic E-state index is 0.0270. The van der Waals surface area contributed by atoms with Crippen LogP contribution in [0.1, 0.15) is 10.4 Å². The number of aliphatic hydroxyl groups is 1. The monoisotopic (exact) mass is 347 g/mol. The Morgan fingerprint density at radius 3 is 2.80 bits per heavy atom. The highest BCUT2D eigenvalue weighted by Gasteiger charge is 2.48. The Hall–Kier alpha value is -2.81. The maximum atomic E-state index is 12.7. The number of hydrogen-bond donors (Lipinski definition) is 1. The number of β-amino-alcohol motifs (C(OH)–C–C–N with tert-alkyl or cyclic N) is 1. The summed E-state index contributed by atoms with van der Waals surface area (Å²) >= 11 is 0. The molecule has 1 aromatic rings. The van der Waals surface area contributed by atoms with Crippen molar-refractivity contribution < 1.29 is 29.0 Å². The van der Waals surface area contributed by atoms with Crippen molar-refractivity contribution in [2.45, 2.75) is 6.04 Å². The molecular weight excluding hydrogens is 330 g/mol. The zero-order valence-corrected chi connectivity index (χ0v) is 13.4. The van der Waals surface area contributed by atoms with E-state index >= 15 is 0 Å². The average Bonchev–Trinajstić information content (AvgIpc) is 3.19. The second-order valence-corrected chi connectivity index (χ2v) is 6.02. The van der Waals surface area contributed by atoms with Crippen LogP contribution < -0.4 is 9.47 Å². The largest absolute Gasteiger partial charge is 0.454 e. The lowest BCUT2D eigenvalue weighted by atomic mass is 10.1. The Kier molecular flexibility index (Phi) is 3.72. The van der Waals surface area contributed by atoms with Crippen LogP contribution in [0.25, 0.3) is 0 Å². The molecule has 1 aromatic carbocycles. The Balaban J connectivity index is 1.51. The minimum Gasteiger partial charge on any atom is -0.454 e. The molecule has 1 atom stereocenters. The molecule has 3 heterocycles. The number of imide groups is 1. The first-order valence-electron chi connectivity index (χ1n) is 8.02. The molecule has 2 fully saturated rings. The average molecular weight is 347 g/mol. The smallest absolute Gasteiger partial charge is 0.327 e. The fraction of sp³-hybridized carbons (Fsp3) is 0.438. The summed E-state index contributed by atoms with van der Waals surface area (Å²) in [6.07, 6.45) is 0. The molecule has 0 radical (unpaired) electrons. The van der Waals surface area contributed by atoms with Crippen molar-refractivity contribution in [3.63, 3.8) is 0 Å². The van der Waals surface area contributed by atoms with Gasteiger partial charge in [-0.2, -0.15) is 0 Å². The molecule has 0 aliphatic carbocycles. The summed E-state index contributed by atoms with van der Waals surface area (Å²) in [4.78, 5) is 41.4. The quantitative estimate of drug-likeness (QED) is 0.740. The molecule has 0 saturated carbocycles. The van der Waals surface area contributed by atoms with Crippen molar-refractivity contribution in [3.8, 4) is 11.5 Å². The van der Waals surface area contributed by atoms with E-state index < -0.39 is 12.1 Å². The Morgan fingerprint density at radius 1 is 1.20 bits per heavy atom. The van der Waals surface area contributed by atoms with E-state index in [1.54, 1.807) is 23.1 Å². The third kappa shape index (κ3) is 2.47. The van der Waals surface area contributed by atoms with Gasteiger partial charge in [-0.3, -0.25) is 14.5 Å². The van der Waals surface area contributed by atoms with E-state index in [0.717, 1.165) is 4.90 Å². The van der Waals surface area contributed by atoms with Gasteiger partial charge in [0, 0.05) is 18.7 Å². The highest BCUT2D eigenvalue weighted by atomic mass is 16.7. The highest BCUT2D eigenvalue weighted by Crippen LogP contribution is 2.33. The van der Waals surface area contributed by atoms with Crippen LogP contribution in [0.2, 0.25) is 0 Å². The lowest BCUT2D eigenvalue weighted by Gasteiger charge is -2.35. The summed E-state index contributed by atoms with van der Waals surface area (Å²) in [5.74, 6) is 0.518. The number of carbonyl (C=O) groups is 3. The SMILES string of the molecule is O=C(c1ccc2c(c1)OCO2)N1CCN2C(=O)N(CCO)C(=O)[C@H]2C1. The topological polar surface area (TPSA) is 99.6 Å². The molecule has 25 heavy (non-hydrogen) atoms. The van der Waals surface area contributed by atoms with E-state index in [0.29, 0.717) is 23.6 Å². The van der Waals surface area contributed by atoms with Gasteiger partial charge in [0.1, 0.15) is 6.04 Å². The molecule has 0 aromatic heterocycles. The number of amides is 4. The van der Waals surface area contributed by atoms with Crippen LogP contribution >= 0.6 is 0 Å². The molecule has 1 N–H and O–H groups in total. The van der Waals surface area contributed by atoms with Crippen molar-refractivity contribution in [2.75, 3.05) is 39.6 Å². The van der Waals surface area contributed by atoms with Gasteiger partial charge in [-0.15, -0.1) is 0 Å². The maximum Gasteiger partial charge on any atom is 0.327 e. The van der Waals surface area contributed by atoms with Crippen LogP contribution in [-0.2, 0) is 4.79 Å². The van der Waals surface area contributed by atoms with Crippen molar-refractivity contribution in [3.05, 3.63) is 23.8 Å². The fourth-order valence-electron chi connectivity index (χ4n) is 3.35. The molecule has 3 aliphatic heterocycles. The molecule has 4 amide bonds. The predicted molar refractivity (Wildman–Crippen MR) is 83.2 cm³/mol. The molecule has 3 aliphatic rings. The van der Waals surface area contributed by atoms with Gasteiger partial charge in [0.05, 0.1) is 19.7 Å².